The summed E-state index contributed by atoms with van der Waals surface area (Å²) in [6.07, 6.45) is 0. The van der Waals surface area contributed by atoms with Gasteiger partial charge in [-0.3, -0.25) is 10.0 Å². The summed E-state index contributed by atoms with van der Waals surface area (Å²) in [5, 5.41) is 11.9. The van der Waals surface area contributed by atoms with E-state index in [9.17, 15) is 10.0 Å². The Morgan fingerprint density at radius 2 is 1.84 bits per heavy atom. The largest absolute Gasteiger partial charge is 0.497 e. The molecule has 0 fully saturated rings. The van der Waals surface area contributed by atoms with Gasteiger partial charge in [0.15, 0.2) is 0 Å². The molecule has 0 heterocycles. The van der Waals surface area contributed by atoms with Gasteiger partial charge in [0.2, 0.25) is 0 Å². The second-order valence-corrected chi connectivity index (χ2v) is 4.56. The first kappa shape index (κ1) is 13.4. The zero-order valence-electron chi connectivity index (χ0n) is 11.3. The number of benzene rings is 2. The fraction of sp³-hybridized carbons (Fsp3) is 0.267. The van der Waals surface area contributed by atoms with Crippen LogP contribution in [-0.2, 0) is 4.79 Å². The molecule has 0 aliphatic heterocycles. The lowest BCUT2D eigenvalue weighted by Crippen LogP contribution is -2.27. The maximum absolute atomic E-state index is 11.7. The second-order valence-electron chi connectivity index (χ2n) is 4.56. The number of nitrogens with zero attached hydrogens (tertiary/aromatic N) is 1. The van der Waals surface area contributed by atoms with Gasteiger partial charge in [0.05, 0.1) is 13.0 Å². The van der Waals surface area contributed by atoms with E-state index >= 15 is 0 Å². The third kappa shape index (κ3) is 2.69. The van der Waals surface area contributed by atoms with Gasteiger partial charge in [-0.2, -0.15) is 0 Å². The number of fused-ring (bicyclic) bond motifs is 1. The van der Waals surface area contributed by atoms with E-state index in [1.165, 1.54) is 7.05 Å². The van der Waals surface area contributed by atoms with Gasteiger partial charge in [-0.1, -0.05) is 24.3 Å². The molecule has 4 heteroatoms. The van der Waals surface area contributed by atoms with Crippen molar-refractivity contribution in [2.24, 2.45) is 0 Å². The lowest BCUT2D eigenvalue weighted by Gasteiger charge is -2.16. The number of methoxy groups -OCH3 is 1. The zero-order chi connectivity index (χ0) is 14.0. The standard InChI is InChI=1S/C15H17NO3/c1-10(15(17)16(2)18)11-4-5-13-9-14(19-3)7-6-12(13)8-11/h4-10,18H,1-3H3/t10-/m1/s1. The smallest absolute Gasteiger partial charge is 0.252 e. The van der Waals surface area contributed by atoms with E-state index in [0.29, 0.717) is 5.06 Å². The molecule has 0 bridgehead atoms. The Kier molecular flexibility index (Phi) is 3.71. The van der Waals surface area contributed by atoms with Gasteiger partial charge < -0.3 is 4.74 Å². The van der Waals surface area contributed by atoms with E-state index in [-0.39, 0.29) is 11.8 Å². The number of carbonyl (C=O) groups is 1. The molecular weight excluding hydrogens is 242 g/mol. The third-order valence-corrected chi connectivity index (χ3v) is 3.26. The van der Waals surface area contributed by atoms with Gasteiger partial charge in [0.1, 0.15) is 5.75 Å². The van der Waals surface area contributed by atoms with Crippen molar-refractivity contribution in [3.63, 3.8) is 0 Å². The summed E-state index contributed by atoms with van der Waals surface area (Å²) in [6, 6.07) is 11.6. The third-order valence-electron chi connectivity index (χ3n) is 3.26. The topological polar surface area (TPSA) is 49.8 Å². The van der Waals surface area contributed by atoms with Crippen LogP contribution in [0.4, 0.5) is 0 Å². The van der Waals surface area contributed by atoms with E-state index in [1.54, 1.807) is 14.0 Å². The Morgan fingerprint density at radius 1 is 1.21 bits per heavy atom. The summed E-state index contributed by atoms with van der Waals surface area (Å²) in [6.45, 7) is 1.78. The van der Waals surface area contributed by atoms with Crippen LogP contribution in [0.5, 0.6) is 5.75 Å². The van der Waals surface area contributed by atoms with Gasteiger partial charge in [-0.25, -0.2) is 5.06 Å². The number of rotatable bonds is 3. The fourth-order valence-electron chi connectivity index (χ4n) is 2.06. The Bertz CT molecular complexity index is 607. The normalized spacial score (nSPS) is 12.2. The number of hydrogen-bond acceptors (Lipinski definition) is 3. The molecule has 4 nitrogen and oxygen atoms in total. The predicted molar refractivity (Wildman–Crippen MR) is 73.5 cm³/mol. The number of ether oxygens (including phenoxy) is 1. The molecule has 0 aliphatic carbocycles. The average molecular weight is 259 g/mol. The van der Waals surface area contributed by atoms with Gasteiger partial charge in [0.25, 0.3) is 5.91 Å². The monoisotopic (exact) mass is 259 g/mol. The van der Waals surface area contributed by atoms with Crippen molar-refractivity contribution in [1.29, 1.82) is 0 Å². The quantitative estimate of drug-likeness (QED) is 0.681. The van der Waals surface area contributed by atoms with Crippen molar-refractivity contribution >= 4 is 16.7 Å². The highest BCUT2D eigenvalue weighted by Crippen LogP contribution is 2.25. The van der Waals surface area contributed by atoms with Crippen molar-refractivity contribution in [2.75, 3.05) is 14.2 Å². The molecule has 2 aromatic carbocycles. The second kappa shape index (κ2) is 5.28. The van der Waals surface area contributed by atoms with Crippen LogP contribution in [0.15, 0.2) is 36.4 Å². The number of hydroxylamine groups is 2. The van der Waals surface area contributed by atoms with Crippen LogP contribution >= 0.6 is 0 Å². The Hall–Kier alpha value is -2.07. The summed E-state index contributed by atoms with van der Waals surface area (Å²) >= 11 is 0. The summed E-state index contributed by atoms with van der Waals surface area (Å²) in [4.78, 5) is 11.7. The molecule has 0 saturated carbocycles. The summed E-state index contributed by atoms with van der Waals surface area (Å²) in [5.74, 6) is 0.105. The number of likely N-dealkylation sites (N-methyl/N-ethyl adjacent to an activating group) is 1. The average Bonchev–Trinajstić information content (AvgIpc) is 2.44. The molecule has 0 spiro atoms. The van der Waals surface area contributed by atoms with Crippen molar-refractivity contribution < 1.29 is 14.7 Å². The van der Waals surface area contributed by atoms with E-state index in [1.807, 2.05) is 36.4 Å². The van der Waals surface area contributed by atoms with Crippen molar-refractivity contribution in [2.45, 2.75) is 12.8 Å². The van der Waals surface area contributed by atoms with Crippen LogP contribution in [0.2, 0.25) is 0 Å². The molecule has 0 aliphatic rings. The molecule has 100 valence electrons. The molecule has 1 amide bonds. The molecule has 19 heavy (non-hydrogen) atoms. The molecule has 0 aromatic heterocycles. The molecule has 0 unspecified atom stereocenters. The highest BCUT2D eigenvalue weighted by atomic mass is 16.5. The maximum atomic E-state index is 11.7. The van der Waals surface area contributed by atoms with Gasteiger partial charge in [-0.15, -0.1) is 0 Å². The lowest BCUT2D eigenvalue weighted by molar-refractivity contribution is -0.160. The Morgan fingerprint density at radius 3 is 2.47 bits per heavy atom. The minimum Gasteiger partial charge on any atom is -0.497 e. The van der Waals surface area contributed by atoms with E-state index < -0.39 is 0 Å². The van der Waals surface area contributed by atoms with Gasteiger partial charge in [0, 0.05) is 7.05 Å². The molecular formula is C15H17NO3. The first-order valence-corrected chi connectivity index (χ1v) is 6.07. The van der Waals surface area contributed by atoms with Crippen LogP contribution in [-0.4, -0.2) is 30.3 Å². The minimum atomic E-state index is -0.374. The Balaban J connectivity index is 2.39. The first-order chi connectivity index (χ1) is 9.02. The predicted octanol–water partition coefficient (Wildman–Crippen LogP) is 2.80. The molecule has 2 aromatic rings. The van der Waals surface area contributed by atoms with E-state index in [4.69, 9.17) is 4.74 Å². The van der Waals surface area contributed by atoms with Crippen molar-refractivity contribution in [3.8, 4) is 5.75 Å². The molecule has 1 N–H and O–H groups in total. The summed E-state index contributed by atoms with van der Waals surface area (Å²) < 4.78 is 5.18. The maximum Gasteiger partial charge on any atom is 0.252 e. The number of hydrogen-bond donors (Lipinski definition) is 1. The highest BCUT2D eigenvalue weighted by Gasteiger charge is 2.18. The minimum absolute atomic E-state index is 0.326. The SMILES string of the molecule is COc1ccc2cc([C@@H](C)C(=O)N(C)O)ccc2c1. The van der Waals surface area contributed by atoms with Gasteiger partial charge in [-0.05, 0) is 35.4 Å². The summed E-state index contributed by atoms with van der Waals surface area (Å²) in [7, 11) is 2.97. The lowest BCUT2D eigenvalue weighted by atomic mass is 9.97. The molecule has 2 rings (SSSR count). The first-order valence-electron chi connectivity index (χ1n) is 6.07. The fourth-order valence-corrected chi connectivity index (χ4v) is 2.06. The Labute approximate surface area is 112 Å². The number of amides is 1. The van der Waals surface area contributed by atoms with Crippen molar-refractivity contribution in [3.05, 3.63) is 42.0 Å². The van der Waals surface area contributed by atoms with Crippen LogP contribution in [0.3, 0.4) is 0 Å². The summed E-state index contributed by atoms with van der Waals surface area (Å²) in [5.41, 5.74) is 0.878. The van der Waals surface area contributed by atoms with Crippen LogP contribution in [0.25, 0.3) is 10.8 Å². The molecule has 0 radical (unpaired) electrons. The van der Waals surface area contributed by atoms with E-state index in [0.717, 1.165) is 22.1 Å². The van der Waals surface area contributed by atoms with Crippen LogP contribution < -0.4 is 4.74 Å². The molecule has 1 atom stereocenters. The van der Waals surface area contributed by atoms with Crippen LogP contribution in [0.1, 0.15) is 18.4 Å². The van der Waals surface area contributed by atoms with Gasteiger partial charge >= 0.3 is 0 Å². The number of carbonyl (C=O) groups excluding carboxylic acids is 1. The van der Waals surface area contributed by atoms with Crippen LogP contribution in [0, 0.1) is 0 Å². The highest BCUT2D eigenvalue weighted by molar-refractivity contribution is 5.87. The van der Waals surface area contributed by atoms with Crippen molar-refractivity contribution in [1.82, 2.24) is 5.06 Å². The van der Waals surface area contributed by atoms with E-state index in [2.05, 4.69) is 0 Å². The molecule has 0 saturated heterocycles. The zero-order valence-corrected chi connectivity index (χ0v) is 11.3.